The van der Waals surface area contributed by atoms with Crippen LogP contribution in [0.25, 0.3) is 0 Å². The first-order chi connectivity index (χ1) is 9.83. The summed E-state index contributed by atoms with van der Waals surface area (Å²) in [7, 11) is -1.83. The zero-order chi connectivity index (χ0) is 15.6. The Bertz CT molecular complexity index is 752. The molecule has 7 nitrogen and oxygen atoms in total. The molecule has 0 saturated carbocycles. The van der Waals surface area contributed by atoms with Crippen molar-refractivity contribution in [1.82, 2.24) is 19.5 Å². The third-order valence-corrected chi connectivity index (χ3v) is 5.09. The molecular weight excluding hydrogens is 290 g/mol. The molecule has 0 atom stereocenters. The molecule has 114 valence electrons. The zero-order valence-corrected chi connectivity index (χ0v) is 13.1. The maximum atomic E-state index is 12.4. The molecule has 2 aromatic rings. The average Bonchev–Trinajstić information content (AvgIpc) is 2.80. The van der Waals surface area contributed by atoms with Crippen molar-refractivity contribution in [2.24, 2.45) is 7.05 Å². The Labute approximate surface area is 124 Å². The third-order valence-electron chi connectivity index (χ3n) is 3.42. The zero-order valence-electron chi connectivity index (χ0n) is 12.3. The molecule has 0 bridgehead atoms. The summed E-state index contributed by atoms with van der Waals surface area (Å²) in [5, 5.41) is 7.66. The number of aromatic nitrogens is 3. The van der Waals surface area contributed by atoms with E-state index in [9.17, 15) is 8.42 Å². The minimum atomic E-state index is -3.64. The highest BCUT2D eigenvalue weighted by atomic mass is 32.2. The van der Waals surface area contributed by atoms with Gasteiger partial charge in [-0.3, -0.25) is 0 Å². The van der Waals surface area contributed by atoms with Gasteiger partial charge in [-0.05, 0) is 31.0 Å². The van der Waals surface area contributed by atoms with Gasteiger partial charge in [0.05, 0.1) is 5.69 Å². The third kappa shape index (κ3) is 3.22. The summed E-state index contributed by atoms with van der Waals surface area (Å²) < 4.78 is 29.1. The van der Waals surface area contributed by atoms with Crippen LogP contribution >= 0.6 is 0 Å². The molecule has 2 rings (SSSR count). The topological polar surface area (TPSA) is 103 Å². The number of benzene rings is 1. The van der Waals surface area contributed by atoms with Gasteiger partial charge in [0.1, 0.15) is 17.0 Å². The lowest BCUT2D eigenvalue weighted by Gasteiger charge is -2.13. The lowest BCUT2D eigenvalue weighted by molar-refractivity contribution is 0.579. The SMILES string of the molecule is Cc1ccc(N)c(S(=O)(=O)NCCc2nncn2C)c1C. The molecule has 8 heteroatoms. The predicted molar refractivity (Wildman–Crippen MR) is 80.2 cm³/mol. The first-order valence-electron chi connectivity index (χ1n) is 6.51. The molecule has 0 radical (unpaired) electrons. The van der Waals surface area contributed by atoms with Gasteiger partial charge in [-0.15, -0.1) is 10.2 Å². The highest BCUT2D eigenvalue weighted by Crippen LogP contribution is 2.24. The minimum absolute atomic E-state index is 0.153. The molecule has 0 amide bonds. The van der Waals surface area contributed by atoms with Crippen molar-refractivity contribution in [3.63, 3.8) is 0 Å². The summed E-state index contributed by atoms with van der Waals surface area (Å²) in [5.74, 6) is 0.714. The standard InChI is InChI=1S/C13H19N5O2S/c1-9-4-5-11(14)13(10(9)2)21(19,20)16-7-6-12-17-15-8-18(12)3/h4-5,8,16H,6-7,14H2,1-3H3. The number of nitrogens with one attached hydrogen (secondary N) is 1. The van der Waals surface area contributed by atoms with Crippen molar-refractivity contribution >= 4 is 15.7 Å². The lowest BCUT2D eigenvalue weighted by atomic mass is 10.1. The van der Waals surface area contributed by atoms with Crippen molar-refractivity contribution in [1.29, 1.82) is 0 Å². The maximum absolute atomic E-state index is 12.4. The molecule has 0 aliphatic heterocycles. The Morgan fingerprint density at radius 1 is 1.33 bits per heavy atom. The molecule has 0 saturated heterocycles. The van der Waals surface area contributed by atoms with Gasteiger partial charge < -0.3 is 10.3 Å². The summed E-state index contributed by atoms with van der Waals surface area (Å²) in [4.78, 5) is 0.153. The van der Waals surface area contributed by atoms with E-state index in [1.807, 2.05) is 20.0 Å². The highest BCUT2D eigenvalue weighted by molar-refractivity contribution is 7.89. The van der Waals surface area contributed by atoms with Crippen LogP contribution in [-0.4, -0.2) is 29.7 Å². The second-order valence-electron chi connectivity index (χ2n) is 4.93. The molecular formula is C13H19N5O2S. The second kappa shape index (κ2) is 5.82. The highest BCUT2D eigenvalue weighted by Gasteiger charge is 2.20. The lowest BCUT2D eigenvalue weighted by Crippen LogP contribution is -2.28. The van der Waals surface area contributed by atoms with E-state index in [4.69, 9.17) is 5.73 Å². The van der Waals surface area contributed by atoms with E-state index in [2.05, 4.69) is 14.9 Å². The van der Waals surface area contributed by atoms with Crippen LogP contribution in [0.3, 0.4) is 0 Å². The summed E-state index contributed by atoms with van der Waals surface area (Å²) in [6.45, 7) is 3.85. The van der Waals surface area contributed by atoms with E-state index in [1.54, 1.807) is 23.9 Å². The van der Waals surface area contributed by atoms with Crippen LogP contribution in [0.4, 0.5) is 5.69 Å². The quantitative estimate of drug-likeness (QED) is 0.784. The number of anilines is 1. The molecule has 21 heavy (non-hydrogen) atoms. The summed E-state index contributed by atoms with van der Waals surface area (Å²) in [6.07, 6.45) is 2.03. The summed E-state index contributed by atoms with van der Waals surface area (Å²) >= 11 is 0. The summed E-state index contributed by atoms with van der Waals surface area (Å²) in [6, 6.07) is 3.42. The van der Waals surface area contributed by atoms with Crippen molar-refractivity contribution in [2.75, 3.05) is 12.3 Å². The van der Waals surface area contributed by atoms with Crippen LogP contribution < -0.4 is 10.5 Å². The largest absolute Gasteiger partial charge is 0.398 e. The van der Waals surface area contributed by atoms with Gasteiger partial charge in [0.15, 0.2) is 0 Å². The Kier molecular flexibility index (Phi) is 4.29. The Balaban J connectivity index is 2.16. The van der Waals surface area contributed by atoms with Gasteiger partial charge in [-0.25, -0.2) is 13.1 Å². The molecule has 1 aromatic heterocycles. The molecule has 0 aliphatic rings. The van der Waals surface area contributed by atoms with Gasteiger partial charge >= 0.3 is 0 Å². The number of nitrogens with two attached hydrogens (primary N) is 1. The van der Waals surface area contributed by atoms with Crippen LogP contribution in [0.15, 0.2) is 23.4 Å². The minimum Gasteiger partial charge on any atom is -0.398 e. The van der Waals surface area contributed by atoms with Crippen LogP contribution in [0.5, 0.6) is 0 Å². The number of sulfonamides is 1. The number of hydrogen-bond acceptors (Lipinski definition) is 5. The molecule has 0 spiro atoms. The average molecular weight is 309 g/mol. The molecule has 0 fully saturated rings. The molecule has 3 N–H and O–H groups in total. The van der Waals surface area contributed by atoms with Crippen molar-refractivity contribution in [2.45, 2.75) is 25.2 Å². The van der Waals surface area contributed by atoms with E-state index in [1.165, 1.54) is 0 Å². The normalized spacial score (nSPS) is 11.8. The van der Waals surface area contributed by atoms with E-state index in [0.29, 0.717) is 17.8 Å². The number of rotatable bonds is 5. The molecule has 1 aromatic carbocycles. The van der Waals surface area contributed by atoms with E-state index < -0.39 is 10.0 Å². The fraction of sp³-hybridized carbons (Fsp3) is 0.385. The van der Waals surface area contributed by atoms with Gasteiger partial charge in [0.2, 0.25) is 10.0 Å². The van der Waals surface area contributed by atoms with Crippen LogP contribution in [0, 0.1) is 13.8 Å². The molecule has 0 unspecified atom stereocenters. The van der Waals surface area contributed by atoms with Gasteiger partial charge in [-0.1, -0.05) is 6.07 Å². The first kappa shape index (κ1) is 15.5. The Hall–Kier alpha value is -1.93. The van der Waals surface area contributed by atoms with E-state index >= 15 is 0 Å². The fourth-order valence-electron chi connectivity index (χ4n) is 2.07. The van der Waals surface area contributed by atoms with Crippen LogP contribution in [0.1, 0.15) is 17.0 Å². The monoisotopic (exact) mass is 309 g/mol. The van der Waals surface area contributed by atoms with Crippen LogP contribution in [-0.2, 0) is 23.5 Å². The number of nitrogens with zero attached hydrogens (tertiary/aromatic N) is 3. The van der Waals surface area contributed by atoms with Crippen LogP contribution in [0.2, 0.25) is 0 Å². The molecule has 1 heterocycles. The van der Waals surface area contributed by atoms with E-state index in [0.717, 1.165) is 5.56 Å². The first-order valence-corrected chi connectivity index (χ1v) is 7.99. The maximum Gasteiger partial charge on any atom is 0.242 e. The van der Waals surface area contributed by atoms with Crippen molar-refractivity contribution in [3.8, 4) is 0 Å². The number of hydrogen-bond donors (Lipinski definition) is 2. The van der Waals surface area contributed by atoms with Gasteiger partial charge in [-0.2, -0.15) is 0 Å². The van der Waals surface area contributed by atoms with Gasteiger partial charge in [0, 0.05) is 20.0 Å². The second-order valence-corrected chi connectivity index (χ2v) is 6.64. The van der Waals surface area contributed by atoms with Crippen molar-refractivity contribution in [3.05, 3.63) is 35.4 Å². The van der Waals surface area contributed by atoms with Gasteiger partial charge in [0.25, 0.3) is 0 Å². The number of nitrogen functional groups attached to an aromatic ring is 1. The Morgan fingerprint density at radius 3 is 2.67 bits per heavy atom. The summed E-state index contributed by atoms with van der Waals surface area (Å²) in [5.41, 5.74) is 7.63. The molecule has 0 aliphatic carbocycles. The smallest absolute Gasteiger partial charge is 0.242 e. The van der Waals surface area contributed by atoms with Crippen molar-refractivity contribution < 1.29 is 8.42 Å². The number of aryl methyl sites for hydroxylation is 2. The fourth-order valence-corrected chi connectivity index (χ4v) is 3.53. The Morgan fingerprint density at radius 2 is 2.05 bits per heavy atom. The predicted octanol–water partition coefficient (Wildman–Crippen LogP) is 0.535. The van der Waals surface area contributed by atoms with E-state index in [-0.39, 0.29) is 17.1 Å².